The van der Waals surface area contributed by atoms with Crippen LogP contribution >= 0.6 is 35.8 Å². The normalized spacial score (nSPS) is 14.6. The number of nitrogens with two attached hydrogens (primary N) is 1. The highest BCUT2D eigenvalue weighted by Crippen LogP contribution is 2.42. The van der Waals surface area contributed by atoms with E-state index >= 15 is 8.78 Å². The van der Waals surface area contributed by atoms with E-state index in [-0.39, 0.29) is 35.5 Å². The standard InChI is InChI=1S/C32H33ClF3N5OS.ClH/c1-38-31(37)39-14-4-5-19-15-26(35)24(27(36)16-19)18-43-32-40-28-7-3-6-23(20-8-13-25(33)29(17-20)42-2)30(28)41(32)22-11-9-21(34)10-12-22;/h8-13,15-17,23H,3-7,14,18H2,1-2H3,(H3,37,38,39);1H. The predicted molar refractivity (Wildman–Crippen MR) is 173 cm³/mol. The van der Waals surface area contributed by atoms with Gasteiger partial charge in [0.15, 0.2) is 11.1 Å². The fraction of sp³-hybridized carbons (Fsp3) is 0.312. The van der Waals surface area contributed by atoms with Crippen molar-refractivity contribution in [2.75, 3.05) is 20.7 Å². The molecular formula is C32H34Cl2F3N5OS. The summed E-state index contributed by atoms with van der Waals surface area (Å²) in [6, 6.07) is 14.7. The Morgan fingerprint density at radius 3 is 2.55 bits per heavy atom. The number of hydrogen-bond acceptors (Lipinski definition) is 4. The smallest absolute Gasteiger partial charge is 0.188 e. The molecule has 1 aliphatic rings. The van der Waals surface area contributed by atoms with Crippen molar-refractivity contribution in [2.24, 2.45) is 10.7 Å². The molecule has 5 rings (SSSR count). The molecule has 1 aliphatic carbocycles. The Morgan fingerprint density at radius 2 is 1.86 bits per heavy atom. The van der Waals surface area contributed by atoms with Crippen LogP contribution < -0.4 is 15.8 Å². The summed E-state index contributed by atoms with van der Waals surface area (Å²) in [7, 11) is 3.16. The number of halogens is 5. The summed E-state index contributed by atoms with van der Waals surface area (Å²) in [6.07, 6.45) is 3.69. The monoisotopic (exact) mass is 663 g/mol. The van der Waals surface area contributed by atoms with Crippen molar-refractivity contribution in [1.82, 2.24) is 14.9 Å². The van der Waals surface area contributed by atoms with Crippen LogP contribution in [0.25, 0.3) is 5.69 Å². The molecule has 1 aromatic heterocycles. The highest BCUT2D eigenvalue weighted by Gasteiger charge is 2.31. The number of benzene rings is 3. The minimum Gasteiger partial charge on any atom is -0.495 e. The number of imidazole rings is 1. The molecule has 4 aromatic rings. The van der Waals surface area contributed by atoms with Crippen molar-refractivity contribution in [3.05, 3.63) is 105 Å². The molecule has 234 valence electrons. The average Bonchev–Trinajstić information content (AvgIpc) is 3.38. The lowest BCUT2D eigenvalue weighted by atomic mass is 9.84. The van der Waals surface area contributed by atoms with Gasteiger partial charge in [-0.05, 0) is 91.8 Å². The molecule has 0 fully saturated rings. The second-order valence-corrected chi connectivity index (χ2v) is 11.7. The molecule has 3 N–H and O–H groups in total. The van der Waals surface area contributed by atoms with Crippen molar-refractivity contribution >= 4 is 41.7 Å². The number of fused-ring (bicyclic) bond motifs is 1. The number of hydrogen-bond donors (Lipinski definition) is 2. The molecule has 12 heteroatoms. The van der Waals surface area contributed by atoms with Crippen LogP contribution in [0.15, 0.2) is 64.7 Å². The third-order valence-electron chi connectivity index (χ3n) is 7.59. The summed E-state index contributed by atoms with van der Waals surface area (Å²) < 4.78 is 51.8. The van der Waals surface area contributed by atoms with E-state index in [9.17, 15) is 4.39 Å². The Hall–Kier alpha value is -3.34. The van der Waals surface area contributed by atoms with Gasteiger partial charge >= 0.3 is 0 Å². The summed E-state index contributed by atoms with van der Waals surface area (Å²) in [6.45, 7) is 0.546. The number of thioether (sulfide) groups is 1. The largest absolute Gasteiger partial charge is 0.495 e. The van der Waals surface area contributed by atoms with Gasteiger partial charge in [0.1, 0.15) is 23.2 Å². The number of rotatable bonds is 10. The Morgan fingerprint density at radius 1 is 1.14 bits per heavy atom. The van der Waals surface area contributed by atoms with E-state index in [4.69, 9.17) is 27.1 Å². The number of guanidine groups is 1. The quantitative estimate of drug-likeness (QED) is 0.0791. The Kier molecular flexibility index (Phi) is 11.5. The van der Waals surface area contributed by atoms with Crippen molar-refractivity contribution < 1.29 is 17.9 Å². The van der Waals surface area contributed by atoms with Crippen LogP contribution in [-0.2, 0) is 18.6 Å². The van der Waals surface area contributed by atoms with Gasteiger partial charge in [-0.3, -0.25) is 9.56 Å². The minimum absolute atomic E-state index is 0. The summed E-state index contributed by atoms with van der Waals surface area (Å²) in [4.78, 5) is 8.78. The first-order valence-corrected chi connectivity index (χ1v) is 15.4. The van der Waals surface area contributed by atoms with Gasteiger partial charge < -0.3 is 15.8 Å². The lowest BCUT2D eigenvalue weighted by molar-refractivity contribution is 0.414. The van der Waals surface area contributed by atoms with Crippen molar-refractivity contribution in [1.29, 1.82) is 0 Å². The highest BCUT2D eigenvalue weighted by atomic mass is 35.5. The van der Waals surface area contributed by atoms with Gasteiger partial charge in [-0.1, -0.05) is 29.4 Å². The Bertz CT molecular complexity index is 1610. The van der Waals surface area contributed by atoms with E-state index in [0.29, 0.717) is 46.8 Å². The van der Waals surface area contributed by atoms with E-state index in [2.05, 4.69) is 10.3 Å². The fourth-order valence-electron chi connectivity index (χ4n) is 5.42. The molecule has 0 spiro atoms. The number of aliphatic imine (C=N–C) groups is 1. The zero-order valence-electron chi connectivity index (χ0n) is 24.4. The number of nitrogens with zero attached hydrogens (tertiary/aromatic N) is 3. The van der Waals surface area contributed by atoms with Crippen LogP contribution in [0.1, 0.15) is 53.3 Å². The van der Waals surface area contributed by atoms with E-state index in [0.717, 1.165) is 41.9 Å². The molecule has 1 unspecified atom stereocenters. The van der Waals surface area contributed by atoms with Gasteiger partial charge in [0, 0.05) is 36.5 Å². The van der Waals surface area contributed by atoms with Gasteiger partial charge in [0.05, 0.1) is 23.5 Å². The molecule has 3 aromatic carbocycles. The van der Waals surface area contributed by atoms with Crippen LogP contribution in [0.4, 0.5) is 13.2 Å². The maximum atomic E-state index is 15.2. The van der Waals surface area contributed by atoms with Crippen LogP contribution in [0.5, 0.6) is 5.75 Å². The molecule has 0 amide bonds. The van der Waals surface area contributed by atoms with Gasteiger partial charge in [-0.25, -0.2) is 18.2 Å². The highest BCUT2D eigenvalue weighted by molar-refractivity contribution is 7.98. The maximum Gasteiger partial charge on any atom is 0.188 e. The Labute approximate surface area is 270 Å². The molecular weight excluding hydrogens is 630 g/mol. The van der Waals surface area contributed by atoms with E-state index in [1.54, 1.807) is 26.3 Å². The minimum atomic E-state index is -0.596. The fourth-order valence-corrected chi connectivity index (χ4v) is 6.67. The lowest BCUT2D eigenvalue weighted by Crippen LogP contribution is -2.32. The second kappa shape index (κ2) is 15.1. The summed E-state index contributed by atoms with van der Waals surface area (Å²) >= 11 is 7.57. The first-order chi connectivity index (χ1) is 20.8. The summed E-state index contributed by atoms with van der Waals surface area (Å²) in [5.41, 5.74) is 9.82. The van der Waals surface area contributed by atoms with Crippen molar-refractivity contribution in [3.63, 3.8) is 0 Å². The first kappa shape index (κ1) is 33.6. The zero-order chi connectivity index (χ0) is 30.5. The zero-order valence-corrected chi connectivity index (χ0v) is 26.8. The van der Waals surface area contributed by atoms with Crippen LogP contribution in [0, 0.1) is 17.5 Å². The third kappa shape index (κ3) is 7.47. The van der Waals surface area contributed by atoms with Crippen LogP contribution in [0.3, 0.4) is 0 Å². The van der Waals surface area contributed by atoms with Crippen LogP contribution in [-0.4, -0.2) is 36.2 Å². The van der Waals surface area contributed by atoms with Crippen molar-refractivity contribution in [2.45, 2.75) is 48.9 Å². The summed E-state index contributed by atoms with van der Waals surface area (Å²) in [5.74, 6) is -0.625. The van der Waals surface area contributed by atoms with Crippen molar-refractivity contribution in [3.8, 4) is 11.4 Å². The SMILES string of the molecule is CN=C(N)NCCCc1cc(F)c(CSc2nc3c(n2-c2ccc(F)cc2)C(c2ccc(Cl)c(OC)c2)CCC3)c(F)c1.Cl. The lowest BCUT2D eigenvalue weighted by Gasteiger charge is -2.26. The maximum absolute atomic E-state index is 15.2. The molecule has 1 heterocycles. The first-order valence-electron chi connectivity index (χ1n) is 14.1. The topological polar surface area (TPSA) is 77.5 Å². The molecule has 44 heavy (non-hydrogen) atoms. The van der Waals surface area contributed by atoms with E-state index < -0.39 is 11.6 Å². The molecule has 0 aliphatic heterocycles. The summed E-state index contributed by atoms with van der Waals surface area (Å²) in [5, 5.41) is 4.05. The number of methoxy groups -OCH3 is 1. The number of ether oxygens (including phenoxy) is 1. The molecule has 0 saturated carbocycles. The number of nitrogens with one attached hydrogen (secondary N) is 1. The second-order valence-electron chi connectivity index (χ2n) is 10.3. The molecule has 0 saturated heterocycles. The third-order valence-corrected chi connectivity index (χ3v) is 8.87. The number of aromatic nitrogens is 2. The Balaban J connectivity index is 0.00000442. The average molecular weight is 665 g/mol. The van der Waals surface area contributed by atoms with Crippen LogP contribution in [0.2, 0.25) is 5.02 Å². The number of aryl methyl sites for hydroxylation is 2. The van der Waals surface area contributed by atoms with E-state index in [1.165, 1.54) is 36.0 Å². The van der Waals surface area contributed by atoms with Gasteiger partial charge in [0.2, 0.25) is 0 Å². The molecule has 1 atom stereocenters. The molecule has 6 nitrogen and oxygen atoms in total. The van der Waals surface area contributed by atoms with Gasteiger partial charge in [-0.15, -0.1) is 12.4 Å². The van der Waals surface area contributed by atoms with Gasteiger partial charge in [0.25, 0.3) is 0 Å². The van der Waals surface area contributed by atoms with E-state index in [1.807, 2.05) is 22.8 Å². The molecule has 0 radical (unpaired) electrons. The molecule has 0 bridgehead atoms. The van der Waals surface area contributed by atoms with Gasteiger partial charge in [-0.2, -0.15) is 0 Å². The predicted octanol–water partition coefficient (Wildman–Crippen LogP) is 7.60.